The van der Waals surface area contributed by atoms with Crippen molar-refractivity contribution >= 4 is 11.6 Å². The third-order valence-electron chi connectivity index (χ3n) is 4.76. The summed E-state index contributed by atoms with van der Waals surface area (Å²) in [6, 6.07) is 10.7. The van der Waals surface area contributed by atoms with E-state index in [2.05, 4.69) is 4.98 Å². The Morgan fingerprint density at radius 2 is 1.70 bits per heavy atom. The van der Waals surface area contributed by atoms with E-state index in [1.165, 1.54) is 46.8 Å². The van der Waals surface area contributed by atoms with E-state index < -0.39 is 11.8 Å². The molecule has 0 atom stereocenters. The molecule has 2 aromatic heterocycles. The molecule has 0 N–H and O–H groups in total. The van der Waals surface area contributed by atoms with Crippen molar-refractivity contribution in [2.24, 2.45) is 7.05 Å². The summed E-state index contributed by atoms with van der Waals surface area (Å²) in [6.07, 6.45) is 4.39. The Hall–Kier alpha value is -3.45. The molecule has 152 valence electrons. The van der Waals surface area contributed by atoms with Gasteiger partial charge in [0.25, 0.3) is 0 Å². The molecule has 0 saturated heterocycles. The number of ether oxygens (including phenoxy) is 1. The van der Waals surface area contributed by atoms with Gasteiger partial charge >= 0.3 is 5.69 Å². The van der Waals surface area contributed by atoms with Crippen LogP contribution in [0, 0.1) is 11.8 Å². The molecule has 0 saturated carbocycles. The zero-order valence-corrected chi connectivity index (χ0v) is 16.8. The summed E-state index contributed by atoms with van der Waals surface area (Å²) in [5.41, 5.74) is 1.87. The van der Waals surface area contributed by atoms with E-state index in [-0.39, 0.29) is 11.4 Å². The van der Waals surface area contributed by atoms with Gasteiger partial charge in [-0.3, -0.25) is 4.57 Å². The largest absolute Gasteiger partial charge is 0.495 e. The highest BCUT2D eigenvalue weighted by Crippen LogP contribution is 2.41. The summed E-state index contributed by atoms with van der Waals surface area (Å²) < 4.78 is 36.7. The molecule has 2 aromatic carbocycles. The lowest BCUT2D eigenvalue weighted by Gasteiger charge is -2.16. The number of imidazole rings is 1. The van der Waals surface area contributed by atoms with Crippen LogP contribution in [-0.2, 0) is 7.05 Å². The molecule has 4 rings (SSSR count). The molecule has 0 unspecified atom stereocenters. The molecule has 2 heterocycles. The number of hydrogen-bond acceptors (Lipinski definition) is 3. The average molecular weight is 428 g/mol. The quantitative estimate of drug-likeness (QED) is 0.438. The van der Waals surface area contributed by atoms with Crippen molar-refractivity contribution in [1.82, 2.24) is 14.1 Å². The molecule has 0 aliphatic rings. The lowest BCUT2D eigenvalue weighted by atomic mass is 9.97. The normalized spacial score (nSPS) is 11.0. The maximum atomic E-state index is 14.9. The topological polar surface area (TPSA) is 49.0 Å². The predicted octanol–water partition coefficient (Wildman–Crippen LogP) is 4.85. The first-order chi connectivity index (χ1) is 14.4. The van der Waals surface area contributed by atoms with Crippen LogP contribution in [-0.4, -0.2) is 21.2 Å². The Labute approximate surface area is 175 Å². The monoisotopic (exact) mass is 427 g/mol. The number of aromatic nitrogens is 3. The summed E-state index contributed by atoms with van der Waals surface area (Å²) in [4.78, 5) is 15.7. The van der Waals surface area contributed by atoms with Crippen LogP contribution >= 0.6 is 11.6 Å². The van der Waals surface area contributed by atoms with Crippen molar-refractivity contribution in [3.05, 3.63) is 88.3 Å². The second-order valence-electron chi connectivity index (χ2n) is 6.63. The first kappa shape index (κ1) is 19.8. The van der Waals surface area contributed by atoms with E-state index in [1.807, 2.05) is 0 Å². The van der Waals surface area contributed by atoms with Crippen LogP contribution in [0.25, 0.3) is 27.9 Å². The highest BCUT2D eigenvalue weighted by atomic mass is 35.5. The maximum absolute atomic E-state index is 14.9. The van der Waals surface area contributed by atoms with Gasteiger partial charge in [0.05, 0.1) is 12.8 Å². The van der Waals surface area contributed by atoms with Crippen LogP contribution in [0.1, 0.15) is 0 Å². The van der Waals surface area contributed by atoms with Crippen molar-refractivity contribution in [1.29, 1.82) is 0 Å². The van der Waals surface area contributed by atoms with E-state index in [0.717, 1.165) is 0 Å². The van der Waals surface area contributed by atoms with E-state index in [4.69, 9.17) is 16.3 Å². The molecule has 0 bridgehead atoms. The van der Waals surface area contributed by atoms with Crippen LogP contribution in [0.5, 0.6) is 5.75 Å². The number of pyridine rings is 1. The lowest BCUT2D eigenvalue weighted by molar-refractivity contribution is 0.418. The van der Waals surface area contributed by atoms with Crippen LogP contribution in [0.4, 0.5) is 8.78 Å². The Morgan fingerprint density at radius 1 is 1.00 bits per heavy atom. The van der Waals surface area contributed by atoms with Gasteiger partial charge in [0, 0.05) is 47.9 Å². The molecule has 8 heteroatoms. The lowest BCUT2D eigenvalue weighted by Crippen LogP contribution is -2.21. The molecule has 30 heavy (non-hydrogen) atoms. The average Bonchev–Trinajstić information content (AvgIpc) is 3.05. The minimum atomic E-state index is -0.639. The van der Waals surface area contributed by atoms with Crippen molar-refractivity contribution in [3.8, 4) is 33.7 Å². The Morgan fingerprint density at radius 3 is 2.27 bits per heavy atom. The maximum Gasteiger partial charge on any atom is 0.332 e. The van der Waals surface area contributed by atoms with Gasteiger partial charge in [-0.05, 0) is 41.5 Å². The van der Waals surface area contributed by atoms with Gasteiger partial charge in [-0.15, -0.1) is 0 Å². The van der Waals surface area contributed by atoms with Crippen molar-refractivity contribution < 1.29 is 13.5 Å². The molecule has 0 aliphatic carbocycles. The summed E-state index contributed by atoms with van der Waals surface area (Å²) >= 11 is 6.30. The minimum absolute atomic E-state index is 0.127. The zero-order valence-electron chi connectivity index (χ0n) is 16.1. The standard InChI is InChI=1S/C22H16ClF2N3O2/c1-27-7-8-28(22(27)29)19-4-3-13(9-18(19)24)16-11-15(23)12-17(21(16)30-2)14-5-6-26-20(25)10-14/h3-12H,1-2H3. The van der Waals surface area contributed by atoms with Crippen LogP contribution < -0.4 is 10.4 Å². The van der Waals surface area contributed by atoms with Gasteiger partial charge in [-0.1, -0.05) is 17.7 Å². The van der Waals surface area contributed by atoms with Gasteiger partial charge in [0.2, 0.25) is 5.95 Å². The van der Waals surface area contributed by atoms with Gasteiger partial charge < -0.3 is 9.30 Å². The van der Waals surface area contributed by atoms with Crippen LogP contribution in [0.2, 0.25) is 5.02 Å². The molecule has 0 amide bonds. The third kappa shape index (κ3) is 3.48. The molecule has 0 radical (unpaired) electrons. The van der Waals surface area contributed by atoms with Gasteiger partial charge in [0.1, 0.15) is 11.6 Å². The molecule has 0 fully saturated rings. The minimum Gasteiger partial charge on any atom is -0.495 e. The highest BCUT2D eigenvalue weighted by molar-refractivity contribution is 6.31. The first-order valence-electron chi connectivity index (χ1n) is 8.93. The number of aryl methyl sites for hydroxylation is 1. The summed E-state index contributed by atoms with van der Waals surface area (Å²) in [5.74, 6) is -0.812. The second kappa shape index (κ2) is 7.76. The fraction of sp³-hybridized carbons (Fsp3) is 0.0909. The number of nitrogens with zero attached hydrogens (tertiary/aromatic N) is 3. The Kier molecular flexibility index (Phi) is 5.13. The summed E-state index contributed by atoms with van der Waals surface area (Å²) in [7, 11) is 3.06. The first-order valence-corrected chi connectivity index (χ1v) is 9.30. The zero-order chi connectivity index (χ0) is 21.4. The summed E-state index contributed by atoms with van der Waals surface area (Å²) in [6.45, 7) is 0. The second-order valence-corrected chi connectivity index (χ2v) is 7.07. The molecule has 5 nitrogen and oxygen atoms in total. The number of rotatable bonds is 4. The van der Waals surface area contributed by atoms with Gasteiger partial charge in [-0.2, -0.15) is 4.39 Å². The molecule has 0 spiro atoms. The predicted molar refractivity (Wildman–Crippen MR) is 111 cm³/mol. The Bertz CT molecular complexity index is 1310. The van der Waals surface area contributed by atoms with E-state index in [1.54, 1.807) is 37.5 Å². The van der Waals surface area contributed by atoms with Gasteiger partial charge in [0.15, 0.2) is 0 Å². The number of halogens is 3. The molecule has 0 aliphatic heterocycles. The Balaban J connectivity index is 1.88. The van der Waals surface area contributed by atoms with Crippen LogP contribution in [0.15, 0.2) is 65.8 Å². The third-order valence-corrected chi connectivity index (χ3v) is 4.98. The SMILES string of the molecule is COc1c(-c2ccnc(F)c2)cc(Cl)cc1-c1ccc(-n2ccn(C)c2=O)c(F)c1. The summed E-state index contributed by atoms with van der Waals surface area (Å²) in [5, 5.41) is 0.377. The molecular weight excluding hydrogens is 412 g/mol. The number of hydrogen-bond donors (Lipinski definition) is 0. The van der Waals surface area contributed by atoms with E-state index in [9.17, 15) is 13.6 Å². The van der Waals surface area contributed by atoms with Crippen molar-refractivity contribution in [2.75, 3.05) is 7.11 Å². The fourth-order valence-electron chi connectivity index (χ4n) is 3.33. The van der Waals surface area contributed by atoms with Crippen molar-refractivity contribution in [3.63, 3.8) is 0 Å². The van der Waals surface area contributed by atoms with E-state index in [0.29, 0.717) is 33.0 Å². The number of methoxy groups -OCH3 is 1. The smallest absolute Gasteiger partial charge is 0.332 e. The number of benzene rings is 2. The van der Waals surface area contributed by atoms with Crippen molar-refractivity contribution in [2.45, 2.75) is 0 Å². The molecular formula is C22H16ClF2N3O2. The van der Waals surface area contributed by atoms with E-state index >= 15 is 0 Å². The van der Waals surface area contributed by atoms with Gasteiger partial charge in [-0.25, -0.2) is 14.2 Å². The van der Waals surface area contributed by atoms with Crippen LogP contribution in [0.3, 0.4) is 0 Å². The fourth-order valence-corrected chi connectivity index (χ4v) is 3.55. The molecule has 4 aromatic rings. The highest BCUT2D eigenvalue weighted by Gasteiger charge is 2.17.